The Morgan fingerprint density at radius 3 is 2.95 bits per heavy atom. The largest absolute Gasteiger partial charge is 0.395 e. The van der Waals surface area contributed by atoms with E-state index >= 15 is 0 Å². The van der Waals surface area contributed by atoms with Gasteiger partial charge in [-0.2, -0.15) is 11.8 Å². The van der Waals surface area contributed by atoms with Gasteiger partial charge in [0, 0.05) is 11.3 Å². The van der Waals surface area contributed by atoms with Crippen LogP contribution in [0.5, 0.6) is 0 Å². The summed E-state index contributed by atoms with van der Waals surface area (Å²) < 4.78 is 0. The van der Waals surface area contributed by atoms with Crippen molar-refractivity contribution in [3.05, 3.63) is 35.4 Å². The zero-order valence-corrected chi connectivity index (χ0v) is 13.5. The zero-order chi connectivity index (χ0) is 15.2. The smallest absolute Gasteiger partial charge is 0.315 e. The minimum atomic E-state index is -0.156. The summed E-state index contributed by atoms with van der Waals surface area (Å²) in [5.74, 6) is 0. The third kappa shape index (κ3) is 4.14. The van der Waals surface area contributed by atoms with Crippen molar-refractivity contribution in [1.82, 2.24) is 10.6 Å². The number of nitrogens with one attached hydrogen (secondary N) is 2. The topological polar surface area (TPSA) is 61.4 Å². The van der Waals surface area contributed by atoms with E-state index in [-0.39, 0.29) is 30.0 Å². The molecule has 2 rings (SSSR count). The van der Waals surface area contributed by atoms with Crippen LogP contribution >= 0.6 is 11.8 Å². The molecule has 1 aliphatic rings. The number of hydrogen-bond donors (Lipinski definition) is 3. The summed E-state index contributed by atoms with van der Waals surface area (Å²) in [6, 6.07) is 8.17. The van der Waals surface area contributed by atoms with E-state index in [2.05, 4.69) is 22.8 Å². The number of aliphatic hydroxyl groups excluding tert-OH is 1. The van der Waals surface area contributed by atoms with Gasteiger partial charge in [0.05, 0.1) is 12.6 Å². The number of rotatable bonds is 5. The van der Waals surface area contributed by atoms with Crippen LogP contribution < -0.4 is 10.6 Å². The van der Waals surface area contributed by atoms with E-state index < -0.39 is 0 Å². The third-order valence-electron chi connectivity index (χ3n) is 4.07. The van der Waals surface area contributed by atoms with Crippen LogP contribution in [0.25, 0.3) is 0 Å². The van der Waals surface area contributed by atoms with E-state index in [0.717, 1.165) is 19.3 Å². The minimum absolute atomic E-state index is 0.0226. The van der Waals surface area contributed by atoms with E-state index in [1.165, 1.54) is 11.1 Å². The highest BCUT2D eigenvalue weighted by atomic mass is 32.2. The van der Waals surface area contributed by atoms with Crippen molar-refractivity contribution in [2.24, 2.45) is 0 Å². The molecule has 1 aromatic carbocycles. The molecule has 0 heterocycles. The molecule has 1 aromatic rings. The maximum absolute atomic E-state index is 12.2. The van der Waals surface area contributed by atoms with Crippen molar-refractivity contribution in [3.8, 4) is 0 Å². The van der Waals surface area contributed by atoms with E-state index in [4.69, 9.17) is 0 Å². The molecule has 0 bridgehead atoms. The number of aryl methyl sites for hydroxylation is 1. The lowest BCUT2D eigenvalue weighted by Crippen LogP contribution is -2.47. The Bertz CT molecular complexity index is 477. The molecule has 3 N–H and O–H groups in total. The Labute approximate surface area is 130 Å². The van der Waals surface area contributed by atoms with E-state index in [1.807, 2.05) is 25.3 Å². The summed E-state index contributed by atoms with van der Waals surface area (Å²) in [7, 11) is 0. The molecular formula is C16H24N2O2S. The first-order valence-electron chi connectivity index (χ1n) is 7.44. The highest BCUT2D eigenvalue weighted by Crippen LogP contribution is 2.29. The van der Waals surface area contributed by atoms with Crippen LogP contribution in [0.3, 0.4) is 0 Å². The van der Waals surface area contributed by atoms with Gasteiger partial charge in [-0.3, -0.25) is 0 Å². The summed E-state index contributed by atoms with van der Waals surface area (Å²) in [5, 5.41) is 15.3. The number of thioether (sulfide) groups is 1. The first-order chi connectivity index (χ1) is 10.2. The van der Waals surface area contributed by atoms with Gasteiger partial charge in [0.1, 0.15) is 0 Å². The number of carbonyl (C=O) groups excluding carboxylic acids is 1. The number of carbonyl (C=O) groups is 1. The van der Waals surface area contributed by atoms with Gasteiger partial charge in [-0.1, -0.05) is 24.3 Å². The predicted octanol–water partition coefficient (Wildman–Crippen LogP) is 2.48. The molecule has 0 spiro atoms. The van der Waals surface area contributed by atoms with Gasteiger partial charge in [-0.15, -0.1) is 0 Å². The lowest BCUT2D eigenvalue weighted by molar-refractivity contribution is 0.227. The normalized spacial score (nSPS) is 20.2. The Hall–Kier alpha value is -1.20. The van der Waals surface area contributed by atoms with Gasteiger partial charge >= 0.3 is 6.03 Å². The van der Waals surface area contributed by atoms with Gasteiger partial charge in [-0.25, -0.2) is 4.79 Å². The SMILES string of the molecule is CSC(CO)C(C)NC(=O)NC1CCCc2ccccc21. The monoisotopic (exact) mass is 308 g/mol. The quantitative estimate of drug-likeness (QED) is 0.783. The van der Waals surface area contributed by atoms with Crippen molar-refractivity contribution in [1.29, 1.82) is 0 Å². The predicted molar refractivity (Wildman–Crippen MR) is 87.6 cm³/mol. The minimum Gasteiger partial charge on any atom is -0.395 e. The number of amides is 2. The summed E-state index contributed by atoms with van der Waals surface area (Å²) >= 11 is 1.56. The van der Waals surface area contributed by atoms with Crippen molar-refractivity contribution in [3.63, 3.8) is 0 Å². The number of hydrogen-bond acceptors (Lipinski definition) is 3. The molecule has 0 aromatic heterocycles. The van der Waals surface area contributed by atoms with Crippen molar-refractivity contribution in [2.45, 2.75) is 43.5 Å². The number of fused-ring (bicyclic) bond motifs is 1. The summed E-state index contributed by atoms with van der Waals surface area (Å²) in [6.07, 6.45) is 5.10. The fourth-order valence-electron chi connectivity index (χ4n) is 2.84. The van der Waals surface area contributed by atoms with Gasteiger partial charge in [-0.05, 0) is 43.6 Å². The molecular weight excluding hydrogens is 284 g/mol. The van der Waals surface area contributed by atoms with Crippen molar-refractivity contribution >= 4 is 17.8 Å². The number of aliphatic hydroxyl groups is 1. The second-order valence-electron chi connectivity index (χ2n) is 5.51. The molecule has 3 atom stereocenters. The van der Waals surface area contributed by atoms with E-state index in [1.54, 1.807) is 11.8 Å². The zero-order valence-electron chi connectivity index (χ0n) is 12.6. The van der Waals surface area contributed by atoms with E-state index in [9.17, 15) is 9.90 Å². The molecule has 0 radical (unpaired) electrons. The Morgan fingerprint density at radius 1 is 1.48 bits per heavy atom. The molecule has 0 aliphatic heterocycles. The molecule has 116 valence electrons. The first kappa shape index (κ1) is 16.2. The van der Waals surface area contributed by atoms with Crippen LogP contribution in [0.15, 0.2) is 24.3 Å². The molecule has 3 unspecified atom stereocenters. The molecule has 21 heavy (non-hydrogen) atoms. The second kappa shape index (κ2) is 7.71. The van der Waals surface area contributed by atoms with Gasteiger partial charge in [0.2, 0.25) is 0 Å². The van der Waals surface area contributed by atoms with Crippen LogP contribution in [0.2, 0.25) is 0 Å². The molecule has 0 fully saturated rings. The summed E-state index contributed by atoms with van der Waals surface area (Å²) in [4.78, 5) is 12.2. The van der Waals surface area contributed by atoms with Crippen LogP contribution in [0.4, 0.5) is 4.79 Å². The molecule has 1 aliphatic carbocycles. The molecule has 0 saturated heterocycles. The maximum atomic E-state index is 12.2. The Morgan fingerprint density at radius 2 is 2.24 bits per heavy atom. The van der Waals surface area contributed by atoms with Crippen molar-refractivity contribution < 1.29 is 9.90 Å². The van der Waals surface area contributed by atoms with Crippen LogP contribution in [0.1, 0.15) is 36.9 Å². The lowest BCUT2D eigenvalue weighted by Gasteiger charge is -2.28. The fourth-order valence-corrected chi connectivity index (χ4v) is 3.47. The second-order valence-corrected chi connectivity index (χ2v) is 6.58. The Balaban J connectivity index is 1.95. The van der Waals surface area contributed by atoms with Gasteiger partial charge < -0.3 is 15.7 Å². The van der Waals surface area contributed by atoms with Crippen LogP contribution in [0, 0.1) is 0 Å². The molecule has 5 heteroatoms. The Kier molecular flexibility index (Phi) is 5.94. The average molecular weight is 308 g/mol. The third-order valence-corrected chi connectivity index (χ3v) is 5.24. The molecule has 4 nitrogen and oxygen atoms in total. The van der Waals surface area contributed by atoms with Crippen molar-refractivity contribution in [2.75, 3.05) is 12.9 Å². The number of benzene rings is 1. The molecule has 2 amide bonds. The maximum Gasteiger partial charge on any atom is 0.315 e. The number of urea groups is 1. The average Bonchev–Trinajstić information content (AvgIpc) is 2.48. The highest BCUT2D eigenvalue weighted by molar-refractivity contribution is 7.99. The van der Waals surface area contributed by atoms with Gasteiger partial charge in [0.25, 0.3) is 0 Å². The highest BCUT2D eigenvalue weighted by Gasteiger charge is 2.23. The molecule has 0 saturated carbocycles. The van der Waals surface area contributed by atoms with Gasteiger partial charge in [0.15, 0.2) is 0 Å². The standard InChI is InChI=1S/C16H24N2O2S/c1-11(15(10-19)21-2)17-16(20)18-14-9-5-7-12-6-3-4-8-13(12)14/h3-4,6,8,11,14-15,19H,5,7,9-10H2,1-2H3,(H2,17,18,20). The first-order valence-corrected chi connectivity index (χ1v) is 8.73. The van der Waals surface area contributed by atoms with Crippen LogP contribution in [-0.4, -0.2) is 35.3 Å². The van der Waals surface area contributed by atoms with E-state index in [0.29, 0.717) is 0 Å². The summed E-state index contributed by atoms with van der Waals surface area (Å²) in [5.41, 5.74) is 2.56. The summed E-state index contributed by atoms with van der Waals surface area (Å²) in [6.45, 7) is 1.99. The fraction of sp³-hybridized carbons (Fsp3) is 0.562. The lowest BCUT2D eigenvalue weighted by atomic mass is 9.88. The van der Waals surface area contributed by atoms with Crippen LogP contribution in [-0.2, 0) is 6.42 Å².